The second-order valence-electron chi connectivity index (χ2n) is 13.3. The summed E-state index contributed by atoms with van der Waals surface area (Å²) in [6.07, 6.45) is -6.42. The topological polar surface area (TPSA) is 212 Å². The molecule has 48 heavy (non-hydrogen) atoms. The zero-order valence-corrected chi connectivity index (χ0v) is 28.8. The number of rotatable bonds is 8. The standard InChI is InChI=1S/C34H48O14/c1-12-16(2)29(38)46-25-17(3)15-34(42)23(25)24(37)19(5)26(47-30(39)18(4)20(6)48-43)27(44-21(7)35)28(45-22(8)36)32(9,10)13-14-33(11,41)31(34)40/h12-14,17,20,23-28,37,41-43H,4-5,15H2,1-3,6-11H3/b14-13+,16-12-/t17-,20?,23-,24-,25-,26-,27+,28+,33+,34+/m0/s1. The van der Waals surface area contributed by atoms with Crippen molar-refractivity contribution in [3.05, 3.63) is 48.1 Å². The number of hydrogen-bond acceptors (Lipinski definition) is 14. The Morgan fingerprint density at radius 1 is 0.958 bits per heavy atom. The first-order chi connectivity index (χ1) is 22.0. The smallest absolute Gasteiger partial charge is 0.336 e. The van der Waals surface area contributed by atoms with Crippen molar-refractivity contribution in [2.45, 2.75) is 117 Å². The molecule has 2 aliphatic rings. The summed E-state index contributed by atoms with van der Waals surface area (Å²) in [6, 6.07) is 0. The zero-order chi connectivity index (χ0) is 37.1. The van der Waals surface area contributed by atoms with Crippen molar-refractivity contribution in [2.75, 3.05) is 0 Å². The zero-order valence-electron chi connectivity index (χ0n) is 28.8. The minimum absolute atomic E-state index is 0.187. The molecule has 2 rings (SSSR count). The molecule has 14 nitrogen and oxygen atoms in total. The molecule has 0 aliphatic heterocycles. The van der Waals surface area contributed by atoms with Crippen LogP contribution in [0.15, 0.2) is 48.1 Å². The Bertz CT molecular complexity index is 1370. The van der Waals surface area contributed by atoms with Gasteiger partial charge in [0, 0.05) is 24.8 Å². The monoisotopic (exact) mass is 680 g/mol. The van der Waals surface area contributed by atoms with E-state index >= 15 is 0 Å². The molecular formula is C34H48O14. The van der Waals surface area contributed by atoms with Crippen LogP contribution in [-0.2, 0) is 47.8 Å². The fraction of sp³-hybridized carbons (Fsp3) is 0.618. The van der Waals surface area contributed by atoms with E-state index in [0.29, 0.717) is 0 Å². The Hall–Kier alpha value is -3.69. The second kappa shape index (κ2) is 15.2. The largest absolute Gasteiger partial charge is 0.458 e. The van der Waals surface area contributed by atoms with Crippen LogP contribution in [0, 0.1) is 17.3 Å². The molecule has 1 unspecified atom stereocenters. The van der Waals surface area contributed by atoms with Crippen LogP contribution in [0.2, 0.25) is 0 Å². The highest BCUT2D eigenvalue weighted by Crippen LogP contribution is 2.49. The van der Waals surface area contributed by atoms with Crippen molar-refractivity contribution in [3.8, 4) is 0 Å². The maximum Gasteiger partial charge on any atom is 0.336 e. The number of ketones is 1. The number of esters is 4. The van der Waals surface area contributed by atoms with E-state index in [9.17, 15) is 39.3 Å². The third kappa shape index (κ3) is 8.47. The van der Waals surface area contributed by atoms with Crippen molar-refractivity contribution in [3.63, 3.8) is 0 Å². The minimum atomic E-state index is -2.56. The number of ether oxygens (including phenoxy) is 4. The summed E-state index contributed by atoms with van der Waals surface area (Å²) in [5, 5.41) is 44.8. The van der Waals surface area contributed by atoms with Gasteiger partial charge in [-0.1, -0.05) is 46.1 Å². The number of carbonyl (C=O) groups excluding carboxylic acids is 5. The molecule has 0 radical (unpaired) electrons. The summed E-state index contributed by atoms with van der Waals surface area (Å²) >= 11 is 0. The molecule has 1 saturated carbocycles. The number of aliphatic hydroxyl groups is 3. The van der Waals surface area contributed by atoms with Gasteiger partial charge in [-0.3, -0.25) is 19.6 Å². The third-order valence-electron chi connectivity index (χ3n) is 8.94. The van der Waals surface area contributed by atoms with E-state index in [4.69, 9.17) is 24.2 Å². The summed E-state index contributed by atoms with van der Waals surface area (Å²) in [5.74, 6) is -7.46. The van der Waals surface area contributed by atoms with Crippen molar-refractivity contribution in [1.29, 1.82) is 0 Å². The quantitative estimate of drug-likeness (QED) is 0.0724. The summed E-state index contributed by atoms with van der Waals surface area (Å²) in [6.45, 7) is 19.6. The number of carbonyl (C=O) groups is 5. The van der Waals surface area contributed by atoms with E-state index in [2.05, 4.69) is 18.0 Å². The molecule has 0 spiro atoms. The van der Waals surface area contributed by atoms with Gasteiger partial charge in [-0.2, -0.15) is 0 Å². The van der Waals surface area contributed by atoms with Gasteiger partial charge in [-0.25, -0.2) is 14.5 Å². The predicted molar refractivity (Wildman–Crippen MR) is 169 cm³/mol. The molecule has 268 valence electrons. The SMILES string of the molecule is C=C(C(=O)O[C@H]1C(=C)[C@H](O)[C@H]2[C@@H](OC(=O)/C(C)=C\C)[C@@H](C)C[C@]2(O)C(=O)[C@](C)(O)/C=C/C(C)(C)[C@H](OC(C)=O)[C@@H]1OC(C)=O)C(C)OO. The first-order valence-electron chi connectivity index (χ1n) is 15.4. The Morgan fingerprint density at radius 3 is 2.02 bits per heavy atom. The molecular weight excluding hydrogens is 632 g/mol. The van der Waals surface area contributed by atoms with Gasteiger partial charge >= 0.3 is 23.9 Å². The second-order valence-corrected chi connectivity index (χ2v) is 13.3. The molecule has 1 fully saturated rings. The fourth-order valence-electron chi connectivity index (χ4n) is 6.03. The number of hydrogen-bond donors (Lipinski definition) is 4. The number of fused-ring (bicyclic) bond motifs is 1. The van der Waals surface area contributed by atoms with Crippen molar-refractivity contribution in [1.82, 2.24) is 0 Å². The Balaban J connectivity index is 3.01. The normalized spacial score (nSPS) is 35.2. The van der Waals surface area contributed by atoms with Gasteiger partial charge in [0.25, 0.3) is 0 Å². The number of allylic oxidation sites excluding steroid dienone is 1. The van der Waals surface area contributed by atoms with Crippen LogP contribution in [0.5, 0.6) is 0 Å². The van der Waals surface area contributed by atoms with Crippen molar-refractivity contribution >= 4 is 29.7 Å². The lowest BCUT2D eigenvalue weighted by Crippen LogP contribution is -2.60. The van der Waals surface area contributed by atoms with Crippen LogP contribution in [-0.4, -0.2) is 98.1 Å². The summed E-state index contributed by atoms with van der Waals surface area (Å²) in [4.78, 5) is 69.6. The molecule has 14 heteroatoms. The molecule has 0 saturated heterocycles. The average Bonchev–Trinajstić information content (AvgIpc) is 3.26. The van der Waals surface area contributed by atoms with Crippen LogP contribution in [0.1, 0.15) is 68.7 Å². The van der Waals surface area contributed by atoms with E-state index in [1.165, 1.54) is 39.8 Å². The number of aliphatic hydroxyl groups excluding tert-OH is 1. The van der Waals surface area contributed by atoms with Crippen LogP contribution in [0.3, 0.4) is 0 Å². The van der Waals surface area contributed by atoms with E-state index in [1.807, 2.05) is 0 Å². The van der Waals surface area contributed by atoms with Gasteiger partial charge in [0.15, 0.2) is 24.1 Å². The maximum atomic E-state index is 14.1. The van der Waals surface area contributed by atoms with Crippen molar-refractivity contribution < 1.29 is 68.4 Å². The minimum Gasteiger partial charge on any atom is -0.458 e. The van der Waals surface area contributed by atoms with Gasteiger partial charge in [-0.15, -0.1) is 0 Å². The lowest BCUT2D eigenvalue weighted by Gasteiger charge is -2.44. The predicted octanol–water partition coefficient (Wildman–Crippen LogP) is 2.29. The van der Waals surface area contributed by atoms with E-state index in [0.717, 1.165) is 26.8 Å². The molecule has 10 atom stereocenters. The molecule has 0 bridgehead atoms. The molecule has 0 amide bonds. The first kappa shape index (κ1) is 40.5. The van der Waals surface area contributed by atoms with Gasteiger partial charge in [0.2, 0.25) is 0 Å². The molecule has 0 aromatic heterocycles. The molecule has 4 N–H and O–H groups in total. The average molecular weight is 681 g/mol. The maximum absolute atomic E-state index is 14.1. The van der Waals surface area contributed by atoms with E-state index in [1.54, 1.807) is 13.8 Å². The third-order valence-corrected chi connectivity index (χ3v) is 8.94. The summed E-state index contributed by atoms with van der Waals surface area (Å²) in [7, 11) is 0. The molecule has 0 aromatic carbocycles. The van der Waals surface area contributed by atoms with E-state index < -0.39 is 106 Å². The molecule has 0 heterocycles. The lowest BCUT2D eigenvalue weighted by molar-refractivity contribution is -0.264. The lowest BCUT2D eigenvalue weighted by atomic mass is 9.71. The van der Waals surface area contributed by atoms with Gasteiger partial charge in [-0.05, 0) is 51.7 Å². The van der Waals surface area contributed by atoms with Crippen LogP contribution >= 0.6 is 0 Å². The number of Topliss-reactive ketones (excluding diaryl/α,β-unsaturated/α-hetero) is 1. The Labute approximate surface area is 279 Å². The van der Waals surface area contributed by atoms with Gasteiger partial charge in [0.1, 0.15) is 23.4 Å². The highest BCUT2D eigenvalue weighted by molar-refractivity contribution is 5.97. The van der Waals surface area contributed by atoms with Crippen molar-refractivity contribution in [2.24, 2.45) is 17.3 Å². The summed E-state index contributed by atoms with van der Waals surface area (Å²) in [5.41, 5.74) is -7.07. The fourth-order valence-corrected chi connectivity index (χ4v) is 6.03. The highest BCUT2D eigenvalue weighted by atomic mass is 17.1. The van der Waals surface area contributed by atoms with Gasteiger partial charge < -0.3 is 34.3 Å². The summed E-state index contributed by atoms with van der Waals surface area (Å²) < 4.78 is 22.7. The van der Waals surface area contributed by atoms with E-state index in [-0.39, 0.29) is 12.0 Å². The molecule has 2 aliphatic carbocycles. The van der Waals surface area contributed by atoms with Crippen LogP contribution < -0.4 is 0 Å². The Kier molecular flexibility index (Phi) is 12.9. The first-order valence-corrected chi connectivity index (χ1v) is 15.4. The molecule has 0 aromatic rings. The highest BCUT2D eigenvalue weighted by Gasteiger charge is 2.64. The van der Waals surface area contributed by atoms with Gasteiger partial charge in [0.05, 0.1) is 17.6 Å². The van der Waals surface area contributed by atoms with Crippen LogP contribution in [0.4, 0.5) is 0 Å². The Morgan fingerprint density at radius 2 is 1.52 bits per heavy atom. The van der Waals surface area contributed by atoms with Crippen LogP contribution in [0.25, 0.3) is 0 Å².